The highest BCUT2D eigenvalue weighted by Gasteiger charge is 2.37. The van der Waals surface area contributed by atoms with Crippen molar-refractivity contribution in [1.29, 1.82) is 0 Å². The Labute approximate surface area is 173 Å². The summed E-state index contributed by atoms with van der Waals surface area (Å²) >= 11 is 7.95. The number of hydrogen-bond donors (Lipinski definition) is 1. The Morgan fingerprint density at radius 2 is 1.96 bits per heavy atom. The molecule has 1 saturated carbocycles. The quantitative estimate of drug-likeness (QED) is 0.561. The molecule has 2 aromatic rings. The number of rotatable bonds is 4. The molecule has 1 fully saturated rings. The van der Waals surface area contributed by atoms with E-state index in [1.165, 1.54) is 0 Å². The van der Waals surface area contributed by atoms with E-state index < -0.39 is 5.92 Å². The predicted octanol–water partition coefficient (Wildman–Crippen LogP) is 6.62. The number of aromatic nitrogens is 1. The molecule has 0 unspecified atom stereocenters. The van der Waals surface area contributed by atoms with Gasteiger partial charge in [-0.25, -0.2) is 8.78 Å². The lowest BCUT2D eigenvalue weighted by Gasteiger charge is -2.29. The molecule has 150 valence electrons. The van der Waals surface area contributed by atoms with Crippen molar-refractivity contribution >= 4 is 35.0 Å². The molecule has 1 heterocycles. The fraction of sp³-hybridized carbons (Fsp3) is 0.429. The highest BCUT2D eigenvalue weighted by atomic mass is 35.5. The summed E-state index contributed by atoms with van der Waals surface area (Å²) in [5, 5.41) is 3.35. The number of halogens is 3. The van der Waals surface area contributed by atoms with E-state index in [0.717, 1.165) is 4.90 Å². The molecule has 3 nitrogen and oxygen atoms in total. The fourth-order valence-corrected chi connectivity index (χ4v) is 4.25. The van der Waals surface area contributed by atoms with Crippen LogP contribution in [0.2, 0.25) is 5.02 Å². The second-order valence-electron chi connectivity index (χ2n) is 7.21. The summed E-state index contributed by atoms with van der Waals surface area (Å²) in [5.41, 5.74) is 2.91. The molecule has 1 N–H and O–H groups in total. The first-order chi connectivity index (χ1) is 13.2. The van der Waals surface area contributed by atoms with Gasteiger partial charge in [-0.15, -0.1) is 11.8 Å². The zero-order chi connectivity index (χ0) is 20.5. The number of nitrogens with zero attached hydrogens (tertiary/aromatic N) is 1. The summed E-state index contributed by atoms with van der Waals surface area (Å²) in [6.45, 7) is 3.56. The van der Waals surface area contributed by atoms with Crippen LogP contribution >= 0.6 is 23.4 Å². The third-order valence-electron chi connectivity index (χ3n) is 5.22. The van der Waals surface area contributed by atoms with Gasteiger partial charge in [0.25, 0.3) is 5.91 Å². The number of nitrogens with one attached hydrogen (secondary N) is 1. The fourth-order valence-electron chi connectivity index (χ4n) is 3.65. The molecule has 1 aromatic carbocycles. The molecule has 1 aliphatic rings. The highest BCUT2D eigenvalue weighted by molar-refractivity contribution is 7.98. The average molecular weight is 425 g/mol. The maximum Gasteiger partial charge on any atom is 0.257 e. The number of amides is 1. The van der Waals surface area contributed by atoms with E-state index >= 15 is 0 Å². The van der Waals surface area contributed by atoms with Gasteiger partial charge in [0.1, 0.15) is 0 Å². The van der Waals surface area contributed by atoms with E-state index in [-0.39, 0.29) is 24.7 Å². The van der Waals surface area contributed by atoms with Crippen LogP contribution in [-0.2, 0) is 0 Å². The predicted molar refractivity (Wildman–Crippen MR) is 111 cm³/mol. The molecule has 1 aliphatic carbocycles. The van der Waals surface area contributed by atoms with Crippen LogP contribution in [0.3, 0.4) is 0 Å². The minimum atomic E-state index is -2.63. The summed E-state index contributed by atoms with van der Waals surface area (Å²) in [5.74, 6) is -3.11. The summed E-state index contributed by atoms with van der Waals surface area (Å²) in [7, 11) is 0. The van der Waals surface area contributed by atoms with Crippen molar-refractivity contribution in [2.75, 3.05) is 11.6 Å². The van der Waals surface area contributed by atoms with E-state index in [0.29, 0.717) is 46.1 Å². The highest BCUT2D eigenvalue weighted by Crippen LogP contribution is 2.42. The zero-order valence-corrected chi connectivity index (χ0v) is 17.7. The molecule has 0 bridgehead atoms. The standard InChI is InChI=1S/C21H23ClF2N2OS/c1-12-17(20(27)26-15-5-4-6-16(11-15)28-3)19(25-13(2)18(12)22)14-7-9-21(23,24)10-8-14/h4-6,11,14H,7-10H2,1-3H3,(H,26,27). The number of thioether (sulfide) groups is 1. The number of carbonyl (C=O) groups is 1. The number of benzene rings is 1. The van der Waals surface area contributed by atoms with Gasteiger partial charge in [-0.05, 0) is 56.7 Å². The van der Waals surface area contributed by atoms with Crippen molar-refractivity contribution in [3.05, 3.63) is 51.8 Å². The Morgan fingerprint density at radius 3 is 2.61 bits per heavy atom. The van der Waals surface area contributed by atoms with E-state index in [4.69, 9.17) is 11.6 Å². The smallest absolute Gasteiger partial charge is 0.257 e. The van der Waals surface area contributed by atoms with Gasteiger partial charge < -0.3 is 5.32 Å². The molecule has 3 rings (SSSR count). The molecular weight excluding hydrogens is 402 g/mol. The number of aryl methyl sites for hydroxylation is 1. The topological polar surface area (TPSA) is 42.0 Å². The van der Waals surface area contributed by atoms with Gasteiger partial charge in [-0.2, -0.15) is 0 Å². The maximum atomic E-state index is 13.6. The monoisotopic (exact) mass is 424 g/mol. The minimum absolute atomic E-state index is 0.174. The molecule has 0 saturated heterocycles. The summed E-state index contributed by atoms with van der Waals surface area (Å²) < 4.78 is 27.2. The van der Waals surface area contributed by atoms with Gasteiger partial charge in [-0.3, -0.25) is 9.78 Å². The van der Waals surface area contributed by atoms with Crippen molar-refractivity contribution in [1.82, 2.24) is 4.98 Å². The number of hydrogen-bond acceptors (Lipinski definition) is 3. The summed E-state index contributed by atoms with van der Waals surface area (Å²) in [4.78, 5) is 18.7. The maximum absolute atomic E-state index is 13.6. The lowest BCUT2D eigenvalue weighted by Crippen LogP contribution is -2.26. The van der Waals surface area contributed by atoms with Crippen LogP contribution in [0.15, 0.2) is 29.2 Å². The normalized spacial score (nSPS) is 16.8. The van der Waals surface area contributed by atoms with Gasteiger partial charge in [0.15, 0.2) is 0 Å². The Morgan fingerprint density at radius 1 is 1.29 bits per heavy atom. The van der Waals surface area contributed by atoms with Crippen LogP contribution in [0.25, 0.3) is 0 Å². The largest absolute Gasteiger partial charge is 0.322 e. The van der Waals surface area contributed by atoms with Crippen LogP contribution < -0.4 is 5.32 Å². The molecule has 1 aromatic heterocycles. The van der Waals surface area contributed by atoms with Gasteiger partial charge in [0.05, 0.1) is 22.0 Å². The van der Waals surface area contributed by atoms with Gasteiger partial charge >= 0.3 is 0 Å². The molecule has 7 heteroatoms. The summed E-state index contributed by atoms with van der Waals surface area (Å²) in [6.07, 6.45) is 2.21. The lowest BCUT2D eigenvalue weighted by atomic mass is 9.82. The van der Waals surface area contributed by atoms with E-state index in [1.807, 2.05) is 30.5 Å². The van der Waals surface area contributed by atoms with Crippen molar-refractivity contribution in [2.24, 2.45) is 0 Å². The van der Waals surface area contributed by atoms with Gasteiger partial charge in [-0.1, -0.05) is 17.7 Å². The third-order valence-corrected chi connectivity index (χ3v) is 6.51. The SMILES string of the molecule is CSc1cccc(NC(=O)c2c(C3CCC(F)(F)CC3)nc(C)c(Cl)c2C)c1. The first-order valence-corrected chi connectivity index (χ1v) is 10.8. The Bertz CT molecular complexity index is 894. The van der Waals surface area contributed by atoms with Crippen molar-refractivity contribution in [2.45, 2.75) is 56.3 Å². The van der Waals surface area contributed by atoms with Crippen LogP contribution in [0.4, 0.5) is 14.5 Å². The van der Waals surface area contributed by atoms with E-state index in [1.54, 1.807) is 25.6 Å². The molecular formula is C21H23ClF2N2OS. The molecule has 0 aliphatic heterocycles. The minimum Gasteiger partial charge on any atom is -0.322 e. The van der Waals surface area contributed by atoms with Crippen LogP contribution in [0, 0.1) is 13.8 Å². The van der Waals surface area contributed by atoms with Crippen molar-refractivity contribution in [3.63, 3.8) is 0 Å². The lowest BCUT2D eigenvalue weighted by molar-refractivity contribution is -0.0385. The van der Waals surface area contributed by atoms with Crippen LogP contribution in [0.5, 0.6) is 0 Å². The van der Waals surface area contributed by atoms with Gasteiger partial charge in [0.2, 0.25) is 5.92 Å². The number of anilines is 1. The molecule has 28 heavy (non-hydrogen) atoms. The second-order valence-corrected chi connectivity index (χ2v) is 8.47. The average Bonchev–Trinajstić information content (AvgIpc) is 2.66. The number of pyridine rings is 1. The summed E-state index contributed by atoms with van der Waals surface area (Å²) in [6, 6.07) is 7.54. The van der Waals surface area contributed by atoms with Crippen molar-refractivity contribution in [3.8, 4) is 0 Å². The Balaban J connectivity index is 1.96. The first-order valence-electron chi connectivity index (χ1n) is 9.21. The molecule has 0 spiro atoms. The van der Waals surface area contributed by atoms with E-state index in [2.05, 4.69) is 10.3 Å². The van der Waals surface area contributed by atoms with Crippen molar-refractivity contribution < 1.29 is 13.6 Å². The van der Waals surface area contributed by atoms with E-state index in [9.17, 15) is 13.6 Å². The van der Waals surface area contributed by atoms with Crippen LogP contribution in [0.1, 0.15) is 58.9 Å². The Hall–Kier alpha value is -1.66. The Kier molecular flexibility index (Phi) is 6.30. The molecule has 0 atom stereocenters. The molecule has 0 radical (unpaired) electrons. The zero-order valence-electron chi connectivity index (χ0n) is 16.1. The van der Waals surface area contributed by atoms with Gasteiger partial charge in [0, 0.05) is 29.3 Å². The number of alkyl halides is 2. The first kappa shape index (κ1) is 21.1. The number of carbonyl (C=O) groups excluding carboxylic acids is 1. The second kappa shape index (κ2) is 8.37. The third kappa shape index (κ3) is 4.49. The molecule has 1 amide bonds. The van der Waals surface area contributed by atoms with Crippen LogP contribution in [-0.4, -0.2) is 23.1 Å².